The number of halogens is 8. The van der Waals surface area contributed by atoms with Gasteiger partial charge in [-0.1, -0.05) is 23.2 Å². The molecular formula is C22H14Cl2F6N2O4S. The van der Waals surface area contributed by atoms with Gasteiger partial charge in [-0.05, 0) is 54.6 Å². The number of nitrogens with one attached hydrogen (secondary N) is 2. The minimum atomic E-state index is -5.15. The lowest BCUT2D eigenvalue weighted by atomic mass is 10.0. The van der Waals surface area contributed by atoms with Gasteiger partial charge in [0.1, 0.15) is 5.75 Å². The Hall–Kier alpha value is -3.16. The van der Waals surface area contributed by atoms with Crippen LogP contribution in [0.15, 0.2) is 59.5 Å². The van der Waals surface area contributed by atoms with Gasteiger partial charge in [0.25, 0.3) is 15.9 Å². The fraction of sp³-hybridized carbons (Fsp3) is 0.136. The lowest BCUT2D eigenvalue weighted by Gasteiger charge is -2.16. The number of hydrogen-bond donors (Lipinski definition) is 2. The van der Waals surface area contributed by atoms with Gasteiger partial charge in [-0.3, -0.25) is 9.52 Å². The first-order chi connectivity index (χ1) is 17.0. The number of benzene rings is 3. The number of hydrogen-bond acceptors (Lipinski definition) is 4. The predicted octanol–water partition coefficient (Wildman–Crippen LogP) is 7.09. The first kappa shape index (κ1) is 28.4. The molecule has 0 aliphatic carbocycles. The van der Waals surface area contributed by atoms with Crippen molar-refractivity contribution in [3.05, 3.63) is 81.3 Å². The van der Waals surface area contributed by atoms with Gasteiger partial charge in [-0.25, -0.2) is 8.42 Å². The van der Waals surface area contributed by atoms with Gasteiger partial charge in [0, 0.05) is 11.3 Å². The molecule has 3 rings (SSSR count). The highest BCUT2D eigenvalue weighted by atomic mass is 35.5. The highest BCUT2D eigenvalue weighted by Crippen LogP contribution is 2.37. The van der Waals surface area contributed by atoms with Crippen LogP contribution in [-0.4, -0.2) is 21.4 Å². The van der Waals surface area contributed by atoms with E-state index in [1.165, 1.54) is 31.4 Å². The lowest BCUT2D eigenvalue weighted by molar-refractivity contribution is -0.143. The summed E-state index contributed by atoms with van der Waals surface area (Å²) < 4.78 is 112. The third-order valence-electron chi connectivity index (χ3n) is 4.75. The molecule has 1 amide bonds. The van der Waals surface area contributed by atoms with Crippen LogP contribution in [0.2, 0.25) is 10.0 Å². The molecule has 0 unspecified atom stereocenters. The molecule has 0 aliphatic heterocycles. The van der Waals surface area contributed by atoms with Crippen molar-refractivity contribution < 1.29 is 44.3 Å². The van der Waals surface area contributed by atoms with E-state index in [1.807, 2.05) is 0 Å². The maximum absolute atomic E-state index is 13.1. The number of sulfonamides is 1. The average Bonchev–Trinajstić information content (AvgIpc) is 2.79. The van der Waals surface area contributed by atoms with Crippen molar-refractivity contribution in [3.8, 4) is 5.75 Å². The van der Waals surface area contributed by atoms with Crippen LogP contribution in [0.1, 0.15) is 21.5 Å². The molecule has 37 heavy (non-hydrogen) atoms. The minimum Gasteiger partial charge on any atom is -0.495 e. The molecule has 0 saturated heterocycles. The third kappa shape index (κ3) is 6.79. The summed E-state index contributed by atoms with van der Waals surface area (Å²) in [6, 6.07) is 7.39. The Bertz CT molecular complexity index is 1430. The summed E-state index contributed by atoms with van der Waals surface area (Å²) in [6.45, 7) is 0. The number of methoxy groups -OCH3 is 1. The number of amides is 1. The number of rotatable bonds is 6. The summed E-state index contributed by atoms with van der Waals surface area (Å²) in [5.74, 6) is -1.32. The summed E-state index contributed by atoms with van der Waals surface area (Å²) in [5, 5.41) is 2.21. The Morgan fingerprint density at radius 1 is 0.838 bits per heavy atom. The summed E-state index contributed by atoms with van der Waals surface area (Å²) in [7, 11) is -3.05. The maximum Gasteiger partial charge on any atom is 0.416 e. The van der Waals surface area contributed by atoms with E-state index >= 15 is 0 Å². The molecule has 0 spiro atoms. The van der Waals surface area contributed by atoms with Crippen molar-refractivity contribution in [1.29, 1.82) is 0 Å². The summed E-state index contributed by atoms with van der Waals surface area (Å²) in [5.41, 5.74) is -4.62. The standard InChI is InChI=1S/C22H14Cl2F6N2O4S/c1-36-19-5-2-14(9-18(19)32-37(34,35)15-3-4-16(23)17(24)10-15)31-20(33)11-6-12(21(25,26)27)8-13(7-11)22(28,29)30/h2-10,32H,1H3,(H,31,33). The highest BCUT2D eigenvalue weighted by molar-refractivity contribution is 7.92. The fourth-order valence-corrected chi connectivity index (χ4v) is 4.45. The zero-order chi connectivity index (χ0) is 27.8. The Labute approximate surface area is 216 Å². The van der Waals surface area contributed by atoms with E-state index in [4.69, 9.17) is 27.9 Å². The van der Waals surface area contributed by atoms with Crippen LogP contribution in [-0.2, 0) is 22.4 Å². The first-order valence-electron chi connectivity index (χ1n) is 9.78. The highest BCUT2D eigenvalue weighted by Gasteiger charge is 2.37. The Morgan fingerprint density at radius 2 is 1.43 bits per heavy atom. The molecule has 0 atom stereocenters. The molecule has 6 nitrogen and oxygen atoms in total. The van der Waals surface area contributed by atoms with Crippen molar-refractivity contribution >= 4 is 50.5 Å². The van der Waals surface area contributed by atoms with Crippen molar-refractivity contribution in [3.63, 3.8) is 0 Å². The van der Waals surface area contributed by atoms with Gasteiger partial charge in [0.05, 0.1) is 38.9 Å². The molecule has 0 heterocycles. The fourth-order valence-electron chi connectivity index (χ4n) is 3.00. The number of carbonyl (C=O) groups is 1. The molecule has 0 saturated carbocycles. The molecule has 0 bridgehead atoms. The van der Waals surface area contributed by atoms with Crippen LogP contribution in [0.4, 0.5) is 37.7 Å². The molecule has 15 heteroatoms. The SMILES string of the molecule is COc1ccc(NC(=O)c2cc(C(F)(F)F)cc(C(F)(F)F)c2)cc1NS(=O)(=O)c1ccc(Cl)c(Cl)c1. The van der Waals surface area contributed by atoms with Crippen LogP contribution in [0.5, 0.6) is 5.75 Å². The zero-order valence-electron chi connectivity index (χ0n) is 18.3. The topological polar surface area (TPSA) is 84.5 Å². The van der Waals surface area contributed by atoms with E-state index in [0.717, 1.165) is 12.1 Å². The van der Waals surface area contributed by atoms with E-state index < -0.39 is 45.0 Å². The molecule has 0 fully saturated rings. The molecule has 3 aromatic rings. The van der Waals surface area contributed by atoms with Crippen LogP contribution in [0, 0.1) is 0 Å². The molecule has 198 valence electrons. The number of alkyl halides is 6. The third-order valence-corrected chi connectivity index (χ3v) is 6.86. The second kappa shape index (κ2) is 10.3. The number of carbonyl (C=O) groups excluding carboxylic acids is 1. The van der Waals surface area contributed by atoms with Gasteiger partial charge in [0.2, 0.25) is 0 Å². The van der Waals surface area contributed by atoms with E-state index in [0.29, 0.717) is 0 Å². The minimum absolute atomic E-state index is 0.0138. The second-order valence-electron chi connectivity index (χ2n) is 7.35. The van der Waals surface area contributed by atoms with Gasteiger partial charge in [-0.2, -0.15) is 26.3 Å². The predicted molar refractivity (Wildman–Crippen MR) is 125 cm³/mol. The monoisotopic (exact) mass is 586 g/mol. The van der Waals surface area contributed by atoms with Gasteiger partial charge >= 0.3 is 12.4 Å². The maximum atomic E-state index is 13.1. The smallest absolute Gasteiger partial charge is 0.416 e. The Balaban J connectivity index is 1.95. The van der Waals surface area contributed by atoms with Gasteiger partial charge < -0.3 is 10.1 Å². The average molecular weight is 587 g/mol. The molecule has 2 N–H and O–H groups in total. The normalized spacial score (nSPS) is 12.2. The van der Waals surface area contributed by atoms with Crippen molar-refractivity contribution in [2.45, 2.75) is 17.2 Å². The summed E-state index contributed by atoms with van der Waals surface area (Å²) in [6.07, 6.45) is -10.3. The Kier molecular flexibility index (Phi) is 7.91. The van der Waals surface area contributed by atoms with Crippen LogP contribution in [0.25, 0.3) is 0 Å². The van der Waals surface area contributed by atoms with E-state index in [9.17, 15) is 39.6 Å². The van der Waals surface area contributed by atoms with E-state index in [1.54, 1.807) is 0 Å². The Morgan fingerprint density at radius 3 is 1.95 bits per heavy atom. The molecule has 0 radical (unpaired) electrons. The van der Waals surface area contributed by atoms with E-state index in [-0.39, 0.29) is 50.3 Å². The van der Waals surface area contributed by atoms with Crippen molar-refractivity contribution in [2.24, 2.45) is 0 Å². The van der Waals surface area contributed by atoms with Crippen LogP contribution >= 0.6 is 23.2 Å². The van der Waals surface area contributed by atoms with Crippen LogP contribution < -0.4 is 14.8 Å². The summed E-state index contributed by atoms with van der Waals surface area (Å²) in [4.78, 5) is 12.3. The number of ether oxygens (including phenoxy) is 1. The van der Waals surface area contributed by atoms with Gasteiger partial charge in [0.15, 0.2) is 0 Å². The van der Waals surface area contributed by atoms with Crippen LogP contribution in [0.3, 0.4) is 0 Å². The lowest BCUT2D eigenvalue weighted by Crippen LogP contribution is -2.18. The van der Waals surface area contributed by atoms with Gasteiger partial charge in [-0.15, -0.1) is 0 Å². The molecular weight excluding hydrogens is 573 g/mol. The molecule has 0 aromatic heterocycles. The van der Waals surface area contributed by atoms with Crippen molar-refractivity contribution in [2.75, 3.05) is 17.1 Å². The van der Waals surface area contributed by atoms with E-state index in [2.05, 4.69) is 10.0 Å². The molecule has 0 aliphatic rings. The quantitative estimate of drug-likeness (QED) is 0.302. The molecule has 3 aromatic carbocycles. The first-order valence-corrected chi connectivity index (χ1v) is 12.0. The zero-order valence-corrected chi connectivity index (χ0v) is 20.6. The largest absolute Gasteiger partial charge is 0.495 e. The second-order valence-corrected chi connectivity index (χ2v) is 9.84. The summed E-state index contributed by atoms with van der Waals surface area (Å²) >= 11 is 11.7. The van der Waals surface area contributed by atoms with Crippen molar-refractivity contribution in [1.82, 2.24) is 0 Å². The number of anilines is 2.